The van der Waals surface area contributed by atoms with Crippen molar-refractivity contribution in [2.24, 2.45) is 5.92 Å². The molecule has 142 valence electrons. The molecule has 0 saturated heterocycles. The molecule has 1 N–H and O–H groups in total. The zero-order valence-electron chi connectivity index (χ0n) is 15.7. The zero-order valence-corrected chi connectivity index (χ0v) is 15.7. The number of nitrogens with zero attached hydrogens (tertiary/aromatic N) is 1. The highest BCUT2D eigenvalue weighted by atomic mass is 19.1. The van der Waals surface area contributed by atoms with E-state index in [0.29, 0.717) is 18.5 Å². The Balaban J connectivity index is 1.65. The van der Waals surface area contributed by atoms with Gasteiger partial charge >= 0.3 is 0 Å². The van der Waals surface area contributed by atoms with Crippen LogP contribution in [0.15, 0.2) is 48.5 Å². The molecule has 1 aliphatic rings. The van der Waals surface area contributed by atoms with Crippen LogP contribution in [0.2, 0.25) is 0 Å². The van der Waals surface area contributed by atoms with Crippen LogP contribution in [0.4, 0.5) is 4.39 Å². The molecule has 0 bridgehead atoms. The molecule has 1 fully saturated rings. The van der Waals surface area contributed by atoms with Crippen LogP contribution in [0.1, 0.15) is 36.5 Å². The van der Waals surface area contributed by atoms with Gasteiger partial charge in [0.05, 0.1) is 0 Å². The Morgan fingerprint density at radius 3 is 2.22 bits per heavy atom. The Hall–Kier alpha value is -2.69. The summed E-state index contributed by atoms with van der Waals surface area (Å²) in [4.78, 5) is 26.6. The van der Waals surface area contributed by atoms with Gasteiger partial charge in [-0.2, -0.15) is 0 Å². The number of hydrogen-bond donors (Lipinski definition) is 1. The Morgan fingerprint density at radius 2 is 1.63 bits per heavy atom. The molecular weight excluding hydrogens is 343 g/mol. The maximum absolute atomic E-state index is 13.1. The Morgan fingerprint density at radius 1 is 1.04 bits per heavy atom. The first-order valence-corrected chi connectivity index (χ1v) is 9.40. The van der Waals surface area contributed by atoms with Crippen LogP contribution in [-0.4, -0.2) is 36.3 Å². The first-order chi connectivity index (χ1) is 13.0. The minimum absolute atomic E-state index is 0.00829. The quantitative estimate of drug-likeness (QED) is 0.871. The van der Waals surface area contributed by atoms with Gasteiger partial charge in [0.15, 0.2) is 0 Å². The summed E-state index contributed by atoms with van der Waals surface area (Å²) in [6, 6.07) is 13.7. The molecule has 0 spiro atoms. The second kappa shape index (κ2) is 8.33. The Bertz CT molecular complexity index is 802. The van der Waals surface area contributed by atoms with Crippen LogP contribution in [0, 0.1) is 11.7 Å². The van der Waals surface area contributed by atoms with E-state index in [1.165, 1.54) is 12.1 Å². The normalized spacial score (nSPS) is 18.9. The Kier molecular flexibility index (Phi) is 5.89. The van der Waals surface area contributed by atoms with E-state index in [4.69, 9.17) is 0 Å². The molecule has 1 saturated carbocycles. The molecule has 0 aromatic heterocycles. The standard InChI is InChI=1S/C22H25FN2O2/c1-3-24-21(26)18-10-13-20(14-18)25(2)22(27)17-6-4-15(5-7-17)16-8-11-19(23)12-9-16/h4-9,11-12,18,20H,3,10,13-14H2,1-2H3,(H,24,26)/t18-,20+/m0/s1. The summed E-state index contributed by atoms with van der Waals surface area (Å²) in [7, 11) is 1.81. The number of nitrogens with one attached hydrogen (secondary N) is 1. The smallest absolute Gasteiger partial charge is 0.253 e. The van der Waals surface area contributed by atoms with E-state index in [1.54, 1.807) is 36.2 Å². The number of halogens is 1. The monoisotopic (exact) mass is 368 g/mol. The summed E-state index contributed by atoms with van der Waals surface area (Å²) in [5.74, 6) is -0.229. The molecule has 0 unspecified atom stereocenters. The van der Waals surface area contributed by atoms with Gasteiger partial charge < -0.3 is 10.2 Å². The fraction of sp³-hybridized carbons (Fsp3) is 0.364. The minimum atomic E-state index is -0.269. The second-order valence-electron chi connectivity index (χ2n) is 7.06. The lowest BCUT2D eigenvalue weighted by Crippen LogP contribution is -2.36. The summed E-state index contributed by atoms with van der Waals surface area (Å²) in [6.45, 7) is 2.55. The highest BCUT2D eigenvalue weighted by Gasteiger charge is 2.33. The van der Waals surface area contributed by atoms with Gasteiger partial charge in [-0.15, -0.1) is 0 Å². The van der Waals surface area contributed by atoms with E-state index in [1.807, 2.05) is 19.1 Å². The van der Waals surface area contributed by atoms with Crippen LogP contribution >= 0.6 is 0 Å². The molecule has 0 heterocycles. The molecule has 2 atom stereocenters. The molecular formula is C22H25FN2O2. The van der Waals surface area contributed by atoms with Crippen LogP contribution in [0.3, 0.4) is 0 Å². The van der Waals surface area contributed by atoms with Crippen molar-refractivity contribution in [2.75, 3.05) is 13.6 Å². The predicted molar refractivity (Wildman–Crippen MR) is 104 cm³/mol. The second-order valence-corrected chi connectivity index (χ2v) is 7.06. The van der Waals surface area contributed by atoms with Gasteiger partial charge in [-0.05, 0) is 61.6 Å². The molecule has 5 heteroatoms. The lowest BCUT2D eigenvalue weighted by atomic mass is 10.0. The molecule has 0 radical (unpaired) electrons. The van der Waals surface area contributed by atoms with Crippen LogP contribution in [0.5, 0.6) is 0 Å². The van der Waals surface area contributed by atoms with Gasteiger partial charge in [0.2, 0.25) is 5.91 Å². The summed E-state index contributed by atoms with van der Waals surface area (Å²) >= 11 is 0. The van der Waals surface area contributed by atoms with E-state index in [-0.39, 0.29) is 29.6 Å². The molecule has 2 aromatic rings. The highest BCUT2D eigenvalue weighted by Crippen LogP contribution is 2.30. The number of rotatable bonds is 5. The molecule has 4 nitrogen and oxygen atoms in total. The third-order valence-corrected chi connectivity index (χ3v) is 5.30. The van der Waals surface area contributed by atoms with Gasteiger partial charge in [0.1, 0.15) is 5.82 Å². The van der Waals surface area contributed by atoms with Crippen LogP contribution in [-0.2, 0) is 4.79 Å². The van der Waals surface area contributed by atoms with Crippen LogP contribution < -0.4 is 5.32 Å². The molecule has 3 rings (SSSR count). The molecule has 27 heavy (non-hydrogen) atoms. The molecule has 1 aliphatic carbocycles. The van der Waals surface area contributed by atoms with Gasteiger partial charge in [-0.1, -0.05) is 24.3 Å². The maximum atomic E-state index is 13.1. The maximum Gasteiger partial charge on any atom is 0.253 e. The third kappa shape index (κ3) is 4.35. The van der Waals surface area contributed by atoms with Gasteiger partial charge in [0.25, 0.3) is 5.91 Å². The van der Waals surface area contributed by atoms with Gasteiger partial charge in [0, 0.05) is 31.1 Å². The summed E-state index contributed by atoms with van der Waals surface area (Å²) in [6.07, 6.45) is 2.37. The third-order valence-electron chi connectivity index (χ3n) is 5.30. The van der Waals surface area contributed by atoms with E-state index in [9.17, 15) is 14.0 Å². The predicted octanol–water partition coefficient (Wildman–Crippen LogP) is 3.87. The summed E-state index contributed by atoms with van der Waals surface area (Å²) < 4.78 is 13.1. The van der Waals surface area contributed by atoms with E-state index in [0.717, 1.165) is 24.0 Å². The summed E-state index contributed by atoms with van der Waals surface area (Å²) in [5, 5.41) is 2.87. The largest absolute Gasteiger partial charge is 0.356 e. The van der Waals surface area contributed by atoms with Crippen molar-refractivity contribution in [3.05, 3.63) is 59.9 Å². The first-order valence-electron chi connectivity index (χ1n) is 9.40. The molecule has 2 amide bonds. The van der Waals surface area contributed by atoms with Gasteiger partial charge in [-0.3, -0.25) is 9.59 Å². The van der Waals surface area contributed by atoms with Crippen LogP contribution in [0.25, 0.3) is 11.1 Å². The first kappa shape index (κ1) is 19.1. The topological polar surface area (TPSA) is 49.4 Å². The average molecular weight is 368 g/mol. The van der Waals surface area contributed by atoms with Crippen molar-refractivity contribution in [2.45, 2.75) is 32.2 Å². The fourth-order valence-corrected chi connectivity index (χ4v) is 3.68. The number of carbonyl (C=O) groups is 2. The van der Waals surface area contributed by atoms with E-state index in [2.05, 4.69) is 5.32 Å². The van der Waals surface area contributed by atoms with Crippen molar-refractivity contribution in [3.63, 3.8) is 0 Å². The SMILES string of the molecule is CCNC(=O)[C@H]1CC[C@@H](N(C)C(=O)c2ccc(-c3ccc(F)cc3)cc2)C1. The minimum Gasteiger partial charge on any atom is -0.356 e. The Labute approximate surface area is 159 Å². The number of benzene rings is 2. The summed E-state index contributed by atoms with van der Waals surface area (Å²) in [5.41, 5.74) is 2.46. The van der Waals surface area contributed by atoms with Crippen molar-refractivity contribution < 1.29 is 14.0 Å². The molecule has 0 aliphatic heterocycles. The lowest BCUT2D eigenvalue weighted by Gasteiger charge is -2.25. The van der Waals surface area contributed by atoms with E-state index < -0.39 is 0 Å². The lowest BCUT2D eigenvalue weighted by molar-refractivity contribution is -0.124. The highest BCUT2D eigenvalue weighted by molar-refractivity contribution is 5.95. The average Bonchev–Trinajstić information content (AvgIpc) is 3.18. The van der Waals surface area contributed by atoms with Crippen molar-refractivity contribution >= 4 is 11.8 Å². The van der Waals surface area contributed by atoms with Crippen molar-refractivity contribution in [1.82, 2.24) is 10.2 Å². The van der Waals surface area contributed by atoms with Crippen molar-refractivity contribution in [1.29, 1.82) is 0 Å². The molecule has 2 aromatic carbocycles. The van der Waals surface area contributed by atoms with E-state index >= 15 is 0 Å². The van der Waals surface area contributed by atoms with Crippen molar-refractivity contribution in [3.8, 4) is 11.1 Å². The fourth-order valence-electron chi connectivity index (χ4n) is 3.68. The van der Waals surface area contributed by atoms with Gasteiger partial charge in [-0.25, -0.2) is 4.39 Å². The zero-order chi connectivity index (χ0) is 19.4. The number of carbonyl (C=O) groups excluding carboxylic acids is 2. The number of amides is 2. The number of hydrogen-bond acceptors (Lipinski definition) is 2.